The van der Waals surface area contributed by atoms with Gasteiger partial charge in [0.1, 0.15) is 6.17 Å². The summed E-state index contributed by atoms with van der Waals surface area (Å²) in [7, 11) is 4.40. The molecule has 5 nitrogen and oxygen atoms in total. The van der Waals surface area contributed by atoms with Crippen molar-refractivity contribution in [3.63, 3.8) is 0 Å². The van der Waals surface area contributed by atoms with E-state index in [-0.39, 0.29) is 6.17 Å². The molecular formula is C21H30N4OS. The molecule has 2 atom stereocenters. The molecule has 0 N–H and O–H groups in total. The van der Waals surface area contributed by atoms with E-state index in [1.54, 1.807) is 0 Å². The van der Waals surface area contributed by atoms with Crippen LogP contribution in [0.2, 0.25) is 0 Å². The van der Waals surface area contributed by atoms with E-state index < -0.39 is 0 Å². The summed E-state index contributed by atoms with van der Waals surface area (Å²) in [6.07, 6.45) is 5.67. The molecule has 2 aromatic rings. The van der Waals surface area contributed by atoms with Crippen LogP contribution in [0.3, 0.4) is 0 Å². The summed E-state index contributed by atoms with van der Waals surface area (Å²) < 4.78 is 6.84. The maximum Gasteiger partial charge on any atom is 0.136 e. The lowest BCUT2D eigenvalue weighted by Gasteiger charge is -2.31. The molecule has 2 aliphatic heterocycles. The Kier molecular flexibility index (Phi) is 5.39. The summed E-state index contributed by atoms with van der Waals surface area (Å²) >= 11 is 1.91. The summed E-state index contributed by atoms with van der Waals surface area (Å²) in [6, 6.07) is 4.48. The molecule has 2 unspecified atom stereocenters. The van der Waals surface area contributed by atoms with Crippen molar-refractivity contribution in [3.8, 4) is 0 Å². The Labute approximate surface area is 166 Å². The molecule has 2 aromatic heterocycles. The van der Waals surface area contributed by atoms with Gasteiger partial charge in [-0.25, -0.2) is 0 Å². The Morgan fingerprint density at radius 1 is 1.30 bits per heavy atom. The van der Waals surface area contributed by atoms with Gasteiger partial charge in [-0.1, -0.05) is 13.8 Å². The molecule has 0 amide bonds. The van der Waals surface area contributed by atoms with E-state index in [4.69, 9.17) is 4.74 Å². The van der Waals surface area contributed by atoms with E-state index in [0.29, 0.717) is 5.92 Å². The summed E-state index contributed by atoms with van der Waals surface area (Å²) in [5.74, 6) is 0.566. The molecule has 4 heterocycles. The topological polar surface area (TPSA) is 31.8 Å². The molecule has 0 aromatic carbocycles. The minimum absolute atomic E-state index is 0.255. The second kappa shape index (κ2) is 7.78. The highest BCUT2D eigenvalue weighted by molar-refractivity contribution is 7.19. The van der Waals surface area contributed by atoms with Gasteiger partial charge in [-0.2, -0.15) is 0 Å². The van der Waals surface area contributed by atoms with Gasteiger partial charge in [-0.15, -0.1) is 11.3 Å². The van der Waals surface area contributed by atoms with Crippen molar-refractivity contribution in [1.29, 1.82) is 0 Å². The fourth-order valence-corrected chi connectivity index (χ4v) is 5.51. The van der Waals surface area contributed by atoms with Gasteiger partial charge >= 0.3 is 0 Å². The molecule has 4 rings (SSSR count). The Morgan fingerprint density at radius 3 is 2.81 bits per heavy atom. The number of fused-ring (bicyclic) bond motifs is 1. The molecule has 0 saturated carbocycles. The molecule has 0 radical (unpaired) electrons. The van der Waals surface area contributed by atoms with Crippen LogP contribution >= 0.6 is 11.3 Å². The first-order valence-electron chi connectivity index (χ1n) is 9.92. The third-order valence-corrected chi connectivity index (χ3v) is 7.12. The predicted molar refractivity (Wildman–Crippen MR) is 112 cm³/mol. The van der Waals surface area contributed by atoms with Gasteiger partial charge in [0.2, 0.25) is 0 Å². The standard InChI is InChI=1S/C21H30N4OS/c1-5-15(2)17-6-7-22-18-12-19(27-20(17)18)21-23(3)13-16(24(21)4)14-25-8-10-26-11-9-25/h6-7,12-13,15,21H,5,8-11,14H2,1-4H3. The molecule has 6 heteroatoms. The van der Waals surface area contributed by atoms with Crippen LogP contribution in [0.4, 0.5) is 0 Å². The quantitative estimate of drug-likeness (QED) is 0.779. The molecule has 146 valence electrons. The van der Waals surface area contributed by atoms with E-state index in [0.717, 1.165) is 44.8 Å². The highest BCUT2D eigenvalue weighted by Crippen LogP contribution is 2.40. The predicted octanol–water partition coefficient (Wildman–Crippen LogP) is 3.86. The molecule has 2 aliphatic rings. The van der Waals surface area contributed by atoms with Crippen molar-refractivity contribution >= 4 is 21.6 Å². The van der Waals surface area contributed by atoms with E-state index in [2.05, 4.69) is 66.0 Å². The minimum atomic E-state index is 0.255. The van der Waals surface area contributed by atoms with Crippen LogP contribution in [0.25, 0.3) is 10.2 Å². The molecule has 1 saturated heterocycles. The van der Waals surface area contributed by atoms with E-state index >= 15 is 0 Å². The van der Waals surface area contributed by atoms with Crippen LogP contribution in [0.5, 0.6) is 0 Å². The van der Waals surface area contributed by atoms with Gasteiger partial charge in [0.05, 0.1) is 28.3 Å². The Balaban J connectivity index is 1.58. The number of pyridine rings is 1. The van der Waals surface area contributed by atoms with E-state index in [1.807, 2.05) is 17.5 Å². The summed E-state index contributed by atoms with van der Waals surface area (Å²) in [5.41, 5.74) is 3.94. The Bertz CT molecular complexity index is 827. The number of hydrogen-bond acceptors (Lipinski definition) is 6. The number of morpholine rings is 1. The zero-order valence-corrected chi connectivity index (χ0v) is 17.6. The highest BCUT2D eigenvalue weighted by atomic mass is 32.1. The number of likely N-dealkylation sites (N-methyl/N-ethyl adjacent to an activating group) is 1. The minimum Gasteiger partial charge on any atom is -0.379 e. The smallest absolute Gasteiger partial charge is 0.136 e. The summed E-state index contributed by atoms with van der Waals surface area (Å²) in [6.45, 7) is 9.28. The fraction of sp³-hybridized carbons (Fsp3) is 0.571. The van der Waals surface area contributed by atoms with Gasteiger partial charge in [0.25, 0.3) is 0 Å². The van der Waals surface area contributed by atoms with Crippen LogP contribution in [-0.2, 0) is 4.74 Å². The van der Waals surface area contributed by atoms with Crippen LogP contribution in [-0.4, -0.2) is 66.6 Å². The zero-order chi connectivity index (χ0) is 19.0. The van der Waals surface area contributed by atoms with Crippen LogP contribution < -0.4 is 0 Å². The van der Waals surface area contributed by atoms with E-state index in [9.17, 15) is 0 Å². The van der Waals surface area contributed by atoms with E-state index in [1.165, 1.54) is 20.8 Å². The van der Waals surface area contributed by atoms with Crippen molar-refractivity contribution in [1.82, 2.24) is 19.7 Å². The largest absolute Gasteiger partial charge is 0.379 e. The first-order valence-corrected chi connectivity index (χ1v) is 10.7. The van der Waals surface area contributed by atoms with Gasteiger partial charge in [-0.05, 0) is 30.0 Å². The van der Waals surface area contributed by atoms with Crippen molar-refractivity contribution in [2.45, 2.75) is 32.4 Å². The normalized spacial score (nSPS) is 22.5. The number of aromatic nitrogens is 1. The Morgan fingerprint density at radius 2 is 2.07 bits per heavy atom. The van der Waals surface area contributed by atoms with Crippen molar-refractivity contribution in [2.24, 2.45) is 0 Å². The first-order chi connectivity index (χ1) is 13.1. The van der Waals surface area contributed by atoms with Gasteiger partial charge in [-0.3, -0.25) is 9.88 Å². The van der Waals surface area contributed by atoms with Crippen LogP contribution in [0.15, 0.2) is 30.2 Å². The Hall–Kier alpha value is -1.63. The SMILES string of the molecule is CCC(C)c1ccnc2cc(C3N(C)C=C(CN4CCOCC4)N3C)sc12. The number of thiophene rings is 1. The van der Waals surface area contributed by atoms with Crippen LogP contribution in [0, 0.1) is 0 Å². The number of ether oxygens (including phenoxy) is 1. The van der Waals surface area contributed by atoms with Gasteiger partial charge < -0.3 is 14.5 Å². The second-order valence-corrected chi connectivity index (χ2v) is 8.82. The van der Waals surface area contributed by atoms with Gasteiger partial charge in [0, 0.05) is 51.8 Å². The van der Waals surface area contributed by atoms with Gasteiger partial charge in [0.15, 0.2) is 0 Å². The third-order valence-electron chi connectivity index (χ3n) is 5.91. The maximum atomic E-state index is 5.49. The average molecular weight is 387 g/mol. The number of hydrogen-bond donors (Lipinski definition) is 0. The van der Waals surface area contributed by atoms with Crippen molar-refractivity contribution in [2.75, 3.05) is 46.9 Å². The number of nitrogens with zero attached hydrogens (tertiary/aromatic N) is 4. The highest BCUT2D eigenvalue weighted by Gasteiger charge is 2.31. The third kappa shape index (κ3) is 3.58. The second-order valence-electron chi connectivity index (χ2n) is 7.73. The molecule has 27 heavy (non-hydrogen) atoms. The zero-order valence-electron chi connectivity index (χ0n) is 16.8. The maximum absolute atomic E-state index is 5.49. The lowest BCUT2D eigenvalue weighted by Crippen LogP contribution is -2.39. The average Bonchev–Trinajstić information content (AvgIpc) is 3.22. The van der Waals surface area contributed by atoms with Crippen molar-refractivity contribution in [3.05, 3.63) is 40.7 Å². The summed E-state index contributed by atoms with van der Waals surface area (Å²) in [5, 5.41) is 0. The lowest BCUT2D eigenvalue weighted by molar-refractivity contribution is 0.0389. The lowest BCUT2D eigenvalue weighted by atomic mass is 9.99. The fourth-order valence-electron chi connectivity index (χ4n) is 4.07. The molecule has 1 fully saturated rings. The van der Waals surface area contributed by atoms with Crippen LogP contribution in [0.1, 0.15) is 42.8 Å². The first kappa shape index (κ1) is 18.7. The number of rotatable bonds is 5. The summed E-state index contributed by atoms with van der Waals surface area (Å²) in [4.78, 5) is 13.3. The molecule has 0 aliphatic carbocycles. The monoisotopic (exact) mass is 386 g/mol. The van der Waals surface area contributed by atoms with Crippen molar-refractivity contribution < 1.29 is 4.74 Å². The molecule has 0 bridgehead atoms. The molecular weight excluding hydrogens is 356 g/mol. The molecule has 0 spiro atoms.